The number of nitrogens with zero attached hydrogens (tertiary/aromatic N) is 1. The van der Waals surface area contributed by atoms with Crippen molar-refractivity contribution in [1.82, 2.24) is 15.6 Å². The van der Waals surface area contributed by atoms with Crippen molar-refractivity contribution < 1.29 is 32.6 Å². The molecule has 2 aromatic carbocycles. The summed E-state index contributed by atoms with van der Waals surface area (Å²) in [5.41, 5.74) is -1.23. The zero-order valence-corrected chi connectivity index (χ0v) is 21.3. The molecule has 0 saturated carbocycles. The summed E-state index contributed by atoms with van der Waals surface area (Å²) in [4.78, 5) is 41.3. The molecular formula is C27H29F2N3O5. The van der Waals surface area contributed by atoms with Crippen LogP contribution >= 0.6 is 0 Å². The summed E-state index contributed by atoms with van der Waals surface area (Å²) in [7, 11) is 0. The molecule has 2 N–H and O–H groups in total. The average Bonchev–Trinajstić information content (AvgIpc) is 2.81. The number of carbonyl (C=O) groups is 3. The quantitative estimate of drug-likeness (QED) is 0.418. The third-order valence-corrected chi connectivity index (χ3v) is 5.26. The number of hydrogen-bond donors (Lipinski definition) is 2. The van der Waals surface area contributed by atoms with Gasteiger partial charge in [0.2, 0.25) is 11.8 Å². The number of halogens is 2. The molecule has 0 saturated heterocycles. The Balaban J connectivity index is 1.79. The number of pyridine rings is 1. The fraction of sp³-hybridized carbons (Fsp3) is 0.333. The third kappa shape index (κ3) is 6.78. The summed E-state index contributed by atoms with van der Waals surface area (Å²) in [6.45, 7) is 8.34. The van der Waals surface area contributed by atoms with Crippen LogP contribution in [-0.4, -0.2) is 41.5 Å². The molecule has 0 bridgehead atoms. The highest BCUT2D eigenvalue weighted by molar-refractivity contribution is 6.17. The first kappa shape index (κ1) is 27.5. The summed E-state index contributed by atoms with van der Waals surface area (Å²) in [6, 6.07) is 7.56. The van der Waals surface area contributed by atoms with Crippen molar-refractivity contribution in [1.29, 1.82) is 0 Å². The molecule has 10 heteroatoms. The van der Waals surface area contributed by atoms with Crippen LogP contribution in [0.1, 0.15) is 62.1 Å². The van der Waals surface area contributed by atoms with Crippen molar-refractivity contribution in [2.24, 2.45) is 0 Å². The summed E-state index contributed by atoms with van der Waals surface area (Å²) < 4.78 is 40.7. The van der Waals surface area contributed by atoms with Gasteiger partial charge in [-0.2, -0.15) is 0 Å². The summed E-state index contributed by atoms with van der Waals surface area (Å²) in [6.07, 6.45) is 0.690. The number of ether oxygens (including phenoxy) is 2. The van der Waals surface area contributed by atoms with E-state index in [1.54, 1.807) is 45.9 Å². The van der Waals surface area contributed by atoms with E-state index in [4.69, 9.17) is 9.47 Å². The standard InChI is InChI=1S/C27H29F2N3O5/c1-6-36-25-19-9-7-8-18(17(19)10-11-30-25)24(34)23-20(28)12-16(13-21(23)29)15(2)32-22(33)14-31-26(35)37-27(3,4)5/h7-13,15H,6,14H2,1-5H3,(H,31,35)(H,32,33)/t15-/m1/s1. The first-order valence-electron chi connectivity index (χ1n) is 11.7. The molecule has 1 aromatic heterocycles. The highest BCUT2D eigenvalue weighted by Gasteiger charge is 2.24. The molecule has 0 unspecified atom stereocenters. The zero-order chi connectivity index (χ0) is 27.3. The molecule has 2 amide bonds. The van der Waals surface area contributed by atoms with Crippen molar-refractivity contribution in [2.45, 2.75) is 46.3 Å². The van der Waals surface area contributed by atoms with E-state index in [9.17, 15) is 14.4 Å². The van der Waals surface area contributed by atoms with Gasteiger partial charge < -0.3 is 20.1 Å². The maximum Gasteiger partial charge on any atom is 0.408 e. The second-order valence-corrected chi connectivity index (χ2v) is 9.28. The number of benzene rings is 2. The van der Waals surface area contributed by atoms with Gasteiger partial charge in [-0.05, 0) is 69.8 Å². The highest BCUT2D eigenvalue weighted by Crippen LogP contribution is 2.29. The largest absolute Gasteiger partial charge is 0.478 e. The van der Waals surface area contributed by atoms with Gasteiger partial charge in [-0.1, -0.05) is 12.1 Å². The topological polar surface area (TPSA) is 107 Å². The predicted octanol–water partition coefficient (Wildman–Crippen LogP) is 4.84. The molecule has 0 aliphatic rings. The minimum Gasteiger partial charge on any atom is -0.478 e. The number of nitrogens with one attached hydrogen (secondary N) is 2. The molecule has 0 radical (unpaired) electrons. The van der Waals surface area contributed by atoms with Crippen LogP contribution in [0.2, 0.25) is 0 Å². The van der Waals surface area contributed by atoms with Crippen molar-refractivity contribution in [2.75, 3.05) is 13.2 Å². The van der Waals surface area contributed by atoms with Gasteiger partial charge in [0.1, 0.15) is 23.8 Å². The van der Waals surface area contributed by atoms with Gasteiger partial charge in [-0.25, -0.2) is 18.6 Å². The first-order chi connectivity index (χ1) is 17.4. The van der Waals surface area contributed by atoms with Crippen LogP contribution in [0.25, 0.3) is 10.8 Å². The van der Waals surface area contributed by atoms with Crippen molar-refractivity contribution in [3.63, 3.8) is 0 Å². The molecule has 0 aliphatic carbocycles. The molecule has 0 fully saturated rings. The van der Waals surface area contributed by atoms with E-state index in [1.807, 2.05) is 0 Å². The van der Waals surface area contributed by atoms with Crippen LogP contribution in [0.4, 0.5) is 13.6 Å². The van der Waals surface area contributed by atoms with Gasteiger partial charge in [0.15, 0.2) is 5.78 Å². The number of alkyl carbamates (subject to hydrolysis) is 1. The van der Waals surface area contributed by atoms with Crippen molar-refractivity contribution >= 4 is 28.6 Å². The van der Waals surface area contributed by atoms with Gasteiger partial charge in [0.05, 0.1) is 18.2 Å². The lowest BCUT2D eigenvalue weighted by molar-refractivity contribution is -0.120. The minimum atomic E-state index is -1.07. The summed E-state index contributed by atoms with van der Waals surface area (Å²) >= 11 is 0. The van der Waals surface area contributed by atoms with Gasteiger partial charge >= 0.3 is 6.09 Å². The molecule has 3 aromatic rings. The van der Waals surface area contributed by atoms with Gasteiger partial charge in [-0.15, -0.1) is 0 Å². The number of hydrogen-bond acceptors (Lipinski definition) is 6. The Kier molecular flexibility index (Phi) is 8.42. The molecule has 37 heavy (non-hydrogen) atoms. The molecule has 0 spiro atoms. The Morgan fingerprint density at radius 1 is 1.05 bits per heavy atom. The molecule has 0 aliphatic heterocycles. The second kappa shape index (κ2) is 11.3. The van der Waals surface area contributed by atoms with E-state index in [-0.39, 0.29) is 17.7 Å². The number of fused-ring (bicyclic) bond motifs is 1. The number of ketones is 1. The van der Waals surface area contributed by atoms with Crippen molar-refractivity contribution in [3.05, 3.63) is 70.9 Å². The number of amides is 2. The van der Waals surface area contributed by atoms with Crippen LogP contribution in [0.15, 0.2) is 42.6 Å². The maximum absolute atomic E-state index is 15.1. The van der Waals surface area contributed by atoms with E-state index in [0.29, 0.717) is 23.3 Å². The minimum absolute atomic E-state index is 0.0981. The Morgan fingerprint density at radius 2 is 1.73 bits per heavy atom. The zero-order valence-electron chi connectivity index (χ0n) is 21.3. The fourth-order valence-electron chi connectivity index (χ4n) is 3.67. The average molecular weight is 514 g/mol. The van der Waals surface area contributed by atoms with Gasteiger partial charge in [-0.3, -0.25) is 9.59 Å². The lowest BCUT2D eigenvalue weighted by Crippen LogP contribution is -2.40. The van der Waals surface area contributed by atoms with Crippen LogP contribution in [-0.2, 0) is 9.53 Å². The Hall–Kier alpha value is -4.08. The Labute approximate surface area is 213 Å². The highest BCUT2D eigenvalue weighted by atomic mass is 19.1. The van der Waals surface area contributed by atoms with Gasteiger partial charge in [0.25, 0.3) is 0 Å². The summed E-state index contributed by atoms with van der Waals surface area (Å²) in [5.74, 6) is -3.24. The normalized spacial score (nSPS) is 12.1. The SMILES string of the molecule is CCOc1nccc2c(C(=O)c3c(F)cc([C@@H](C)NC(=O)CNC(=O)OC(C)(C)C)cc3F)cccc12. The fourth-order valence-corrected chi connectivity index (χ4v) is 3.67. The van der Waals surface area contributed by atoms with Crippen LogP contribution in [0.3, 0.4) is 0 Å². The second-order valence-electron chi connectivity index (χ2n) is 9.28. The lowest BCUT2D eigenvalue weighted by Gasteiger charge is -2.20. The Morgan fingerprint density at radius 3 is 2.35 bits per heavy atom. The van der Waals surface area contributed by atoms with Crippen LogP contribution < -0.4 is 15.4 Å². The molecule has 1 atom stereocenters. The van der Waals surface area contributed by atoms with E-state index in [2.05, 4.69) is 15.6 Å². The summed E-state index contributed by atoms with van der Waals surface area (Å²) in [5, 5.41) is 5.85. The third-order valence-electron chi connectivity index (χ3n) is 5.26. The molecule has 196 valence electrons. The molecule has 1 heterocycles. The predicted molar refractivity (Wildman–Crippen MR) is 133 cm³/mol. The van der Waals surface area contributed by atoms with Crippen LogP contribution in [0, 0.1) is 11.6 Å². The maximum atomic E-state index is 15.1. The monoisotopic (exact) mass is 513 g/mol. The number of carbonyl (C=O) groups excluding carboxylic acids is 3. The lowest BCUT2D eigenvalue weighted by atomic mass is 9.95. The first-order valence-corrected chi connectivity index (χ1v) is 11.7. The number of rotatable bonds is 8. The molecule has 3 rings (SSSR count). The molecule has 8 nitrogen and oxygen atoms in total. The number of aromatic nitrogens is 1. The van der Waals surface area contributed by atoms with E-state index >= 15 is 8.78 Å². The Bertz CT molecular complexity index is 1310. The van der Waals surface area contributed by atoms with Gasteiger partial charge in [0, 0.05) is 17.1 Å². The molecular weight excluding hydrogens is 484 g/mol. The smallest absolute Gasteiger partial charge is 0.408 e. The van der Waals surface area contributed by atoms with E-state index in [0.717, 1.165) is 12.1 Å². The van der Waals surface area contributed by atoms with Crippen molar-refractivity contribution in [3.8, 4) is 5.88 Å². The van der Waals surface area contributed by atoms with Crippen LogP contribution in [0.5, 0.6) is 5.88 Å². The van der Waals surface area contributed by atoms with E-state index in [1.165, 1.54) is 19.2 Å². The van der Waals surface area contributed by atoms with E-state index < -0.39 is 46.6 Å².